The molecule has 0 spiro atoms. The summed E-state index contributed by atoms with van der Waals surface area (Å²) in [7, 11) is -2.60. The van der Waals surface area contributed by atoms with Crippen molar-refractivity contribution in [3.05, 3.63) is 48.0 Å². The van der Waals surface area contributed by atoms with E-state index in [2.05, 4.69) is 4.72 Å². The number of carbonyl (C=O) groups excluding carboxylic acids is 1. The van der Waals surface area contributed by atoms with E-state index in [0.29, 0.717) is 55.2 Å². The average molecular weight is 527 g/mol. The molecule has 2 heterocycles. The number of rotatable bonds is 5. The molecule has 2 N–H and O–H groups in total. The van der Waals surface area contributed by atoms with E-state index in [9.17, 15) is 23.1 Å². The maximum absolute atomic E-state index is 13.3. The topological polar surface area (TPSA) is 131 Å². The lowest BCUT2D eigenvalue weighted by Crippen LogP contribution is -2.42. The molecule has 1 aliphatic heterocycles. The van der Waals surface area contributed by atoms with Gasteiger partial charge in [0.15, 0.2) is 0 Å². The van der Waals surface area contributed by atoms with Crippen LogP contribution in [0, 0.1) is 5.92 Å². The first-order chi connectivity index (χ1) is 17.7. The second-order valence-electron chi connectivity index (χ2n) is 9.74. The number of sulfonamides is 1. The molecule has 1 aromatic heterocycles. The molecule has 0 radical (unpaired) electrons. The van der Waals surface area contributed by atoms with Crippen LogP contribution in [0.2, 0.25) is 0 Å². The van der Waals surface area contributed by atoms with Crippen molar-refractivity contribution in [1.29, 1.82) is 0 Å². The number of imidazole rings is 1. The van der Waals surface area contributed by atoms with E-state index in [1.54, 1.807) is 23.1 Å². The largest absolute Gasteiger partial charge is 0.481 e. The molecule has 1 amide bonds. The molecule has 2 aromatic carbocycles. The summed E-state index contributed by atoms with van der Waals surface area (Å²) >= 11 is 0. The third kappa shape index (κ3) is 4.52. The number of benzene rings is 2. The number of ether oxygens (including phenoxy) is 1. The first kappa shape index (κ1) is 25.1. The summed E-state index contributed by atoms with van der Waals surface area (Å²) in [5.41, 5.74) is 2.83. The highest BCUT2D eigenvalue weighted by molar-refractivity contribution is 7.92. The zero-order chi connectivity index (χ0) is 26.3. The molecule has 0 saturated heterocycles. The zero-order valence-corrected chi connectivity index (χ0v) is 21.6. The third-order valence-corrected chi connectivity index (χ3v) is 8.81. The molecular weight excluding hydrogens is 496 g/mol. The smallest absolute Gasteiger partial charge is 0.414 e. The summed E-state index contributed by atoms with van der Waals surface area (Å²) in [6.07, 6.45) is 3.28. The predicted molar refractivity (Wildman–Crippen MR) is 138 cm³/mol. The zero-order valence-electron chi connectivity index (χ0n) is 20.8. The fraction of sp³-hybridized carbons (Fsp3) is 0.423. The van der Waals surface area contributed by atoms with E-state index in [1.165, 1.54) is 19.2 Å². The van der Waals surface area contributed by atoms with Gasteiger partial charge in [0.05, 0.1) is 34.6 Å². The average Bonchev–Trinajstić information content (AvgIpc) is 3.26. The van der Waals surface area contributed by atoms with E-state index in [1.807, 2.05) is 23.6 Å². The number of fused-ring (bicyclic) bond motifs is 3. The minimum absolute atomic E-state index is 0.0646. The second kappa shape index (κ2) is 9.70. The predicted octanol–water partition coefficient (Wildman–Crippen LogP) is 4.56. The summed E-state index contributed by atoms with van der Waals surface area (Å²) in [4.78, 5) is 30.8. The molecule has 1 saturated carbocycles. The van der Waals surface area contributed by atoms with Gasteiger partial charge in [-0.25, -0.2) is 22.9 Å². The quantitative estimate of drug-likeness (QED) is 0.498. The maximum Gasteiger partial charge on any atom is 0.414 e. The number of aliphatic carboxylic acids is 1. The molecular formula is C26H30N4O6S. The van der Waals surface area contributed by atoms with Gasteiger partial charge in [0.2, 0.25) is 5.95 Å². The Labute approximate surface area is 215 Å². The van der Waals surface area contributed by atoms with Gasteiger partial charge in [-0.05, 0) is 63.3 Å². The molecule has 196 valence electrons. The van der Waals surface area contributed by atoms with Crippen molar-refractivity contribution in [3.63, 3.8) is 0 Å². The number of amides is 1. The number of hydrogen-bond donors (Lipinski definition) is 2. The molecule has 2 aliphatic rings. The van der Waals surface area contributed by atoms with Crippen molar-refractivity contribution >= 4 is 44.8 Å². The Bertz CT molecular complexity index is 1450. The Morgan fingerprint density at radius 2 is 1.86 bits per heavy atom. The van der Waals surface area contributed by atoms with Crippen molar-refractivity contribution in [2.45, 2.75) is 62.4 Å². The Morgan fingerprint density at radius 3 is 2.57 bits per heavy atom. The van der Waals surface area contributed by atoms with E-state index < -0.39 is 28.0 Å². The van der Waals surface area contributed by atoms with E-state index in [4.69, 9.17) is 9.72 Å². The van der Waals surface area contributed by atoms with E-state index in [-0.39, 0.29) is 22.9 Å². The maximum atomic E-state index is 13.3. The molecule has 1 fully saturated rings. The van der Waals surface area contributed by atoms with Crippen molar-refractivity contribution in [3.8, 4) is 0 Å². The van der Waals surface area contributed by atoms with Crippen molar-refractivity contribution in [2.75, 3.05) is 16.7 Å². The van der Waals surface area contributed by atoms with Crippen LogP contribution in [0.3, 0.4) is 0 Å². The molecule has 10 nitrogen and oxygen atoms in total. The first-order valence-corrected chi connectivity index (χ1v) is 13.9. The normalized spacial score (nSPS) is 21.9. The lowest BCUT2D eigenvalue weighted by molar-refractivity contribution is -0.143. The van der Waals surface area contributed by atoms with Gasteiger partial charge in [0.25, 0.3) is 10.0 Å². The summed E-state index contributed by atoms with van der Waals surface area (Å²) in [6, 6.07) is 11.4. The van der Waals surface area contributed by atoms with Gasteiger partial charge < -0.3 is 14.4 Å². The van der Waals surface area contributed by atoms with Crippen LogP contribution in [0.4, 0.5) is 16.4 Å². The van der Waals surface area contributed by atoms with Gasteiger partial charge in [-0.1, -0.05) is 24.6 Å². The highest BCUT2D eigenvalue weighted by Gasteiger charge is 2.35. The number of aromatic nitrogens is 2. The SMILES string of the molecule is COC(=O)N1c2ccc3c(nc(NS(=O)(=O)c4ccccc4)n3[C@@H]3CCC[C@@H](C(=O)O)C3)c2CC[C@@H]1C. The number of nitrogens with one attached hydrogen (secondary N) is 1. The third-order valence-electron chi connectivity index (χ3n) is 7.47. The number of anilines is 2. The Morgan fingerprint density at radius 1 is 1.11 bits per heavy atom. The van der Waals surface area contributed by atoms with Crippen LogP contribution < -0.4 is 9.62 Å². The van der Waals surface area contributed by atoms with Crippen LogP contribution in [0.15, 0.2) is 47.4 Å². The van der Waals surface area contributed by atoms with Crippen molar-refractivity contribution < 1.29 is 27.9 Å². The first-order valence-electron chi connectivity index (χ1n) is 12.4. The highest BCUT2D eigenvalue weighted by atomic mass is 32.2. The number of methoxy groups -OCH3 is 1. The molecule has 3 aromatic rings. The van der Waals surface area contributed by atoms with Crippen LogP contribution in [-0.2, 0) is 26.0 Å². The van der Waals surface area contributed by atoms with E-state index in [0.717, 1.165) is 5.56 Å². The standard InChI is InChI=1S/C26H30N4O6S/c1-16-11-12-20-21(29(16)26(33)36-2)13-14-22-23(20)27-25(28-37(34,35)19-9-4-3-5-10-19)30(22)18-8-6-7-17(15-18)24(31)32/h3-5,9-10,13-14,16-18H,6-8,11-12,15H2,1-2H3,(H,27,28)(H,31,32)/t16-,17+,18+/m0/s1. The lowest BCUT2D eigenvalue weighted by atomic mass is 9.85. The molecule has 11 heteroatoms. The summed E-state index contributed by atoms with van der Waals surface area (Å²) in [5.74, 6) is -1.21. The van der Waals surface area contributed by atoms with Crippen LogP contribution in [0.5, 0.6) is 0 Å². The summed E-state index contributed by atoms with van der Waals surface area (Å²) in [5, 5.41) is 9.67. The van der Waals surface area contributed by atoms with Crippen molar-refractivity contribution in [2.24, 2.45) is 5.92 Å². The monoisotopic (exact) mass is 526 g/mol. The number of carbonyl (C=O) groups is 2. The fourth-order valence-corrected chi connectivity index (χ4v) is 6.64. The van der Waals surface area contributed by atoms with Crippen LogP contribution in [-0.4, -0.2) is 48.3 Å². The molecule has 0 unspecified atom stereocenters. The summed E-state index contributed by atoms with van der Waals surface area (Å²) < 4.78 is 36.1. The fourth-order valence-electron chi connectivity index (χ4n) is 5.62. The van der Waals surface area contributed by atoms with Gasteiger partial charge in [0, 0.05) is 17.6 Å². The molecule has 3 atom stereocenters. The second-order valence-corrected chi connectivity index (χ2v) is 11.4. The van der Waals surface area contributed by atoms with Gasteiger partial charge in [-0.3, -0.25) is 9.69 Å². The lowest BCUT2D eigenvalue weighted by Gasteiger charge is -2.34. The summed E-state index contributed by atoms with van der Waals surface area (Å²) in [6.45, 7) is 1.95. The number of hydrogen-bond acceptors (Lipinski definition) is 6. The van der Waals surface area contributed by atoms with Gasteiger partial charge in [-0.2, -0.15) is 0 Å². The molecule has 37 heavy (non-hydrogen) atoms. The number of carboxylic acids is 1. The number of carboxylic acid groups (broad SMARTS) is 1. The minimum Gasteiger partial charge on any atom is -0.481 e. The molecule has 0 bridgehead atoms. The Balaban J connectivity index is 1.67. The van der Waals surface area contributed by atoms with Gasteiger partial charge >= 0.3 is 12.1 Å². The van der Waals surface area contributed by atoms with Gasteiger partial charge in [-0.15, -0.1) is 0 Å². The Kier molecular flexibility index (Phi) is 6.57. The number of nitrogens with zero attached hydrogens (tertiary/aromatic N) is 3. The molecule has 5 rings (SSSR count). The van der Waals surface area contributed by atoms with Crippen LogP contribution in [0.1, 0.15) is 50.6 Å². The Hall–Kier alpha value is -3.60. The van der Waals surface area contributed by atoms with Crippen molar-refractivity contribution in [1.82, 2.24) is 9.55 Å². The number of aryl methyl sites for hydroxylation is 1. The van der Waals surface area contributed by atoms with Gasteiger partial charge in [0.1, 0.15) is 0 Å². The molecule has 1 aliphatic carbocycles. The minimum atomic E-state index is -3.94. The van der Waals surface area contributed by atoms with E-state index >= 15 is 0 Å². The van der Waals surface area contributed by atoms with Crippen LogP contribution >= 0.6 is 0 Å². The van der Waals surface area contributed by atoms with Crippen LogP contribution in [0.25, 0.3) is 11.0 Å². The highest BCUT2D eigenvalue weighted by Crippen LogP contribution is 2.42.